The van der Waals surface area contributed by atoms with Crippen LogP contribution in [0.4, 0.5) is 0 Å². The van der Waals surface area contributed by atoms with Gasteiger partial charge in [-0.2, -0.15) is 0 Å². The lowest BCUT2D eigenvalue weighted by atomic mass is 9.83. The van der Waals surface area contributed by atoms with E-state index in [-0.39, 0.29) is 0 Å². The molecule has 1 aliphatic carbocycles. The first kappa shape index (κ1) is 13.6. The minimum Gasteiger partial charge on any atom is -0.387 e. The fraction of sp³-hybridized carbons (Fsp3) is 0.444. The topological polar surface area (TPSA) is 40.5 Å². The summed E-state index contributed by atoms with van der Waals surface area (Å²) in [5.41, 5.74) is -0.117. The minimum absolute atomic E-state index is 0.692. The van der Waals surface area contributed by atoms with Gasteiger partial charge in [-0.1, -0.05) is 68.1 Å². The highest BCUT2D eigenvalue weighted by Gasteiger charge is 2.37. The number of fused-ring (bicyclic) bond motifs is 1. The Morgan fingerprint density at radius 1 is 0.850 bits per heavy atom. The van der Waals surface area contributed by atoms with E-state index in [4.69, 9.17) is 0 Å². The molecule has 0 aliphatic heterocycles. The molecule has 2 nitrogen and oxygen atoms in total. The molecular weight excluding hydrogens is 248 g/mol. The fourth-order valence-corrected chi connectivity index (χ4v) is 3.39. The number of hydrogen-bond donors (Lipinski definition) is 2. The normalized spacial score (nSPS) is 20.5. The molecule has 2 aromatic rings. The van der Waals surface area contributed by atoms with Crippen LogP contribution < -0.4 is 0 Å². The second-order valence-corrected chi connectivity index (χ2v) is 5.99. The zero-order valence-electron chi connectivity index (χ0n) is 11.8. The van der Waals surface area contributed by atoms with E-state index in [1.54, 1.807) is 0 Å². The van der Waals surface area contributed by atoms with Crippen molar-refractivity contribution in [2.45, 2.75) is 50.2 Å². The molecule has 0 radical (unpaired) electrons. The second kappa shape index (κ2) is 5.55. The molecule has 0 aromatic heterocycles. The Morgan fingerprint density at radius 2 is 1.50 bits per heavy atom. The van der Waals surface area contributed by atoms with Gasteiger partial charge in [0.05, 0.1) is 5.60 Å². The largest absolute Gasteiger partial charge is 0.387 e. The lowest BCUT2D eigenvalue weighted by molar-refractivity contribution is -0.0861. The van der Waals surface area contributed by atoms with Crippen molar-refractivity contribution < 1.29 is 10.2 Å². The average Bonchev–Trinajstić information content (AvgIpc) is 2.72. The van der Waals surface area contributed by atoms with Crippen molar-refractivity contribution in [3.8, 4) is 0 Å². The van der Waals surface area contributed by atoms with Crippen LogP contribution in [0.2, 0.25) is 0 Å². The van der Waals surface area contributed by atoms with Gasteiger partial charge in [-0.3, -0.25) is 0 Å². The zero-order valence-corrected chi connectivity index (χ0v) is 11.8. The molecule has 2 heteroatoms. The Morgan fingerprint density at radius 3 is 2.25 bits per heavy atom. The van der Waals surface area contributed by atoms with Gasteiger partial charge in [-0.15, -0.1) is 0 Å². The predicted molar refractivity (Wildman–Crippen MR) is 81.6 cm³/mol. The van der Waals surface area contributed by atoms with Crippen molar-refractivity contribution in [2.24, 2.45) is 0 Å². The Hall–Kier alpha value is -1.38. The molecule has 2 aromatic carbocycles. The Labute approximate surface area is 120 Å². The van der Waals surface area contributed by atoms with Crippen molar-refractivity contribution in [3.05, 3.63) is 48.0 Å². The number of benzene rings is 2. The molecule has 2 N–H and O–H groups in total. The third-order valence-corrected chi connectivity index (χ3v) is 4.60. The molecule has 3 rings (SSSR count). The lowest BCUT2D eigenvalue weighted by Gasteiger charge is -2.33. The zero-order chi connectivity index (χ0) is 14.0. The third-order valence-electron chi connectivity index (χ3n) is 4.60. The first-order chi connectivity index (χ1) is 9.71. The van der Waals surface area contributed by atoms with Crippen LogP contribution in [0.25, 0.3) is 10.8 Å². The molecular formula is C18H22O2. The molecule has 1 saturated carbocycles. The van der Waals surface area contributed by atoms with Crippen molar-refractivity contribution in [1.29, 1.82) is 0 Å². The smallest absolute Gasteiger partial charge is 0.108 e. The molecule has 0 heterocycles. The summed E-state index contributed by atoms with van der Waals surface area (Å²) in [5, 5.41) is 23.8. The Bertz CT molecular complexity index is 577. The maximum atomic E-state index is 10.9. The minimum atomic E-state index is -0.972. The fourth-order valence-electron chi connectivity index (χ4n) is 3.39. The van der Waals surface area contributed by atoms with Gasteiger partial charge in [0.1, 0.15) is 6.10 Å². The third kappa shape index (κ3) is 2.46. The van der Waals surface area contributed by atoms with E-state index in [0.717, 1.165) is 42.0 Å². The summed E-state index contributed by atoms with van der Waals surface area (Å²) in [7, 11) is 0. The van der Waals surface area contributed by atoms with Gasteiger partial charge in [-0.05, 0) is 29.2 Å². The van der Waals surface area contributed by atoms with Gasteiger partial charge < -0.3 is 10.2 Å². The van der Waals surface area contributed by atoms with E-state index in [9.17, 15) is 10.2 Å². The maximum Gasteiger partial charge on any atom is 0.108 e. The van der Waals surface area contributed by atoms with E-state index < -0.39 is 11.7 Å². The van der Waals surface area contributed by atoms with Crippen LogP contribution in [-0.2, 0) is 0 Å². The molecule has 0 amide bonds. The number of rotatable bonds is 2. The van der Waals surface area contributed by atoms with Crippen LogP contribution in [-0.4, -0.2) is 15.8 Å². The standard InChI is InChI=1S/C18H22O2/c19-17(18(20)12-5-1-2-6-13-18)16-11-7-9-14-8-3-4-10-15(14)16/h3-4,7-11,17,19-20H,1-2,5-6,12-13H2. The van der Waals surface area contributed by atoms with Crippen molar-refractivity contribution in [1.82, 2.24) is 0 Å². The summed E-state index contributed by atoms with van der Waals surface area (Å²) in [6, 6.07) is 14.0. The summed E-state index contributed by atoms with van der Waals surface area (Å²) >= 11 is 0. The van der Waals surface area contributed by atoms with Crippen LogP contribution in [0.15, 0.2) is 42.5 Å². The SMILES string of the molecule is OC(c1cccc2ccccc12)C1(O)CCCCCC1. The van der Waals surface area contributed by atoms with Gasteiger partial charge in [0.2, 0.25) is 0 Å². The molecule has 106 valence electrons. The molecule has 0 saturated heterocycles. The van der Waals surface area contributed by atoms with Gasteiger partial charge in [0, 0.05) is 0 Å². The van der Waals surface area contributed by atoms with Crippen molar-refractivity contribution in [3.63, 3.8) is 0 Å². The van der Waals surface area contributed by atoms with Gasteiger partial charge in [-0.25, -0.2) is 0 Å². The van der Waals surface area contributed by atoms with Gasteiger partial charge in [0.15, 0.2) is 0 Å². The maximum absolute atomic E-state index is 10.9. The first-order valence-electron chi connectivity index (χ1n) is 7.59. The summed E-state index contributed by atoms with van der Waals surface area (Å²) in [6.45, 7) is 0. The van der Waals surface area contributed by atoms with Crippen LogP contribution >= 0.6 is 0 Å². The van der Waals surface area contributed by atoms with Gasteiger partial charge in [0.25, 0.3) is 0 Å². The van der Waals surface area contributed by atoms with E-state index in [0.29, 0.717) is 12.8 Å². The van der Waals surface area contributed by atoms with E-state index in [1.165, 1.54) is 0 Å². The summed E-state index contributed by atoms with van der Waals surface area (Å²) in [6.07, 6.45) is 4.90. The average molecular weight is 270 g/mol. The predicted octanol–water partition coefficient (Wildman–Crippen LogP) is 3.96. The van der Waals surface area contributed by atoms with E-state index in [1.807, 2.05) is 42.5 Å². The van der Waals surface area contributed by atoms with Crippen LogP contribution in [0.3, 0.4) is 0 Å². The van der Waals surface area contributed by atoms with Crippen molar-refractivity contribution in [2.75, 3.05) is 0 Å². The number of aliphatic hydroxyl groups is 2. The first-order valence-corrected chi connectivity index (χ1v) is 7.59. The molecule has 20 heavy (non-hydrogen) atoms. The van der Waals surface area contributed by atoms with Crippen LogP contribution in [0, 0.1) is 0 Å². The molecule has 1 aliphatic rings. The number of hydrogen-bond acceptors (Lipinski definition) is 2. The molecule has 1 fully saturated rings. The highest BCUT2D eigenvalue weighted by Crippen LogP contribution is 2.39. The van der Waals surface area contributed by atoms with E-state index >= 15 is 0 Å². The monoisotopic (exact) mass is 270 g/mol. The molecule has 1 atom stereocenters. The highest BCUT2D eigenvalue weighted by molar-refractivity contribution is 5.86. The van der Waals surface area contributed by atoms with E-state index in [2.05, 4.69) is 0 Å². The molecule has 0 spiro atoms. The Kier molecular flexibility index (Phi) is 3.77. The summed E-state index contributed by atoms with van der Waals surface area (Å²) < 4.78 is 0. The molecule has 1 unspecified atom stereocenters. The number of aliphatic hydroxyl groups excluding tert-OH is 1. The quantitative estimate of drug-likeness (QED) is 0.811. The summed E-state index contributed by atoms with van der Waals surface area (Å²) in [4.78, 5) is 0. The van der Waals surface area contributed by atoms with Gasteiger partial charge >= 0.3 is 0 Å². The second-order valence-electron chi connectivity index (χ2n) is 5.99. The highest BCUT2D eigenvalue weighted by atomic mass is 16.3. The van der Waals surface area contributed by atoms with Crippen molar-refractivity contribution >= 4 is 10.8 Å². The molecule has 0 bridgehead atoms. The Balaban J connectivity index is 2.01. The lowest BCUT2D eigenvalue weighted by Crippen LogP contribution is -2.35. The summed E-state index contributed by atoms with van der Waals surface area (Å²) in [5.74, 6) is 0. The van der Waals surface area contributed by atoms with Crippen LogP contribution in [0.1, 0.15) is 50.2 Å². The van der Waals surface area contributed by atoms with Crippen LogP contribution in [0.5, 0.6) is 0 Å².